The zero-order chi connectivity index (χ0) is 11.8. The summed E-state index contributed by atoms with van der Waals surface area (Å²) in [5.41, 5.74) is 2.24. The van der Waals surface area contributed by atoms with Gasteiger partial charge in [-0.1, -0.05) is 28.1 Å². The van der Waals surface area contributed by atoms with Crippen LogP contribution in [0.25, 0.3) is 10.6 Å². The Labute approximate surface area is 112 Å². The minimum absolute atomic E-state index is 0.337. The molecule has 0 amide bonds. The first kappa shape index (κ1) is 11.1. The molecule has 1 aromatic carbocycles. The Morgan fingerprint density at radius 1 is 1.18 bits per heavy atom. The fourth-order valence-electron chi connectivity index (χ4n) is 1.96. The second-order valence-corrected chi connectivity index (χ2v) is 6.11. The van der Waals surface area contributed by atoms with Crippen molar-refractivity contribution in [2.75, 3.05) is 0 Å². The van der Waals surface area contributed by atoms with Crippen LogP contribution in [-0.4, -0.2) is 10.8 Å². The van der Waals surface area contributed by atoms with Crippen molar-refractivity contribution in [2.45, 2.75) is 19.3 Å². The van der Waals surface area contributed by atoms with Crippen LogP contribution in [0.5, 0.6) is 0 Å². The van der Waals surface area contributed by atoms with Gasteiger partial charge in [-0.3, -0.25) is 4.79 Å². The van der Waals surface area contributed by atoms with Gasteiger partial charge in [0.15, 0.2) is 0 Å². The number of rotatable bonds is 1. The quantitative estimate of drug-likeness (QED) is 0.805. The molecule has 17 heavy (non-hydrogen) atoms. The summed E-state index contributed by atoms with van der Waals surface area (Å²) in [6.07, 6.45) is 2.03. The van der Waals surface area contributed by atoms with Gasteiger partial charge in [0.1, 0.15) is 10.8 Å². The van der Waals surface area contributed by atoms with Gasteiger partial charge < -0.3 is 0 Å². The monoisotopic (exact) mass is 307 g/mol. The number of benzene rings is 1. The molecule has 0 spiro atoms. The van der Waals surface area contributed by atoms with Crippen LogP contribution in [0.2, 0.25) is 0 Å². The first-order valence-electron chi connectivity index (χ1n) is 5.48. The van der Waals surface area contributed by atoms with E-state index < -0.39 is 0 Å². The molecule has 0 bridgehead atoms. The lowest BCUT2D eigenvalue weighted by Gasteiger charge is -2.06. The predicted octanol–water partition coefficient (Wildman–Crippen LogP) is 3.63. The first-order valence-corrected chi connectivity index (χ1v) is 7.09. The average molecular weight is 308 g/mol. The van der Waals surface area contributed by atoms with E-state index >= 15 is 0 Å². The van der Waals surface area contributed by atoms with Gasteiger partial charge in [0.2, 0.25) is 0 Å². The second kappa shape index (κ2) is 4.35. The molecule has 0 N–H and O–H groups in total. The number of thiazole rings is 1. The Balaban J connectivity index is 1.99. The van der Waals surface area contributed by atoms with Crippen molar-refractivity contribution >= 4 is 33.0 Å². The topological polar surface area (TPSA) is 30.0 Å². The number of carbonyl (C=O) groups excluding carboxylic acids is 1. The van der Waals surface area contributed by atoms with Crippen molar-refractivity contribution in [1.29, 1.82) is 0 Å². The van der Waals surface area contributed by atoms with Crippen LogP contribution in [0.3, 0.4) is 0 Å². The van der Waals surface area contributed by atoms with E-state index in [4.69, 9.17) is 0 Å². The van der Waals surface area contributed by atoms with Crippen molar-refractivity contribution in [3.63, 3.8) is 0 Å². The third-order valence-electron chi connectivity index (χ3n) is 2.87. The van der Waals surface area contributed by atoms with Crippen LogP contribution >= 0.6 is 27.3 Å². The number of hydrogen-bond acceptors (Lipinski definition) is 3. The van der Waals surface area contributed by atoms with E-state index in [0.29, 0.717) is 18.6 Å². The maximum Gasteiger partial charge on any atom is 0.138 e. The van der Waals surface area contributed by atoms with E-state index in [1.54, 1.807) is 11.3 Å². The Morgan fingerprint density at radius 3 is 2.71 bits per heavy atom. The van der Waals surface area contributed by atoms with Crippen molar-refractivity contribution in [1.82, 2.24) is 4.98 Å². The molecule has 1 aliphatic rings. The number of Topliss-reactive ketones (excluding diaryl/α,β-unsaturated/α-hetero) is 1. The van der Waals surface area contributed by atoms with Crippen LogP contribution in [0, 0.1) is 0 Å². The number of aromatic nitrogens is 1. The van der Waals surface area contributed by atoms with E-state index in [1.165, 1.54) is 0 Å². The summed E-state index contributed by atoms with van der Waals surface area (Å²) in [6, 6.07) is 8.13. The number of nitrogens with zero attached hydrogens (tertiary/aromatic N) is 1. The standard InChI is InChI=1S/C13H10BrNOS/c14-9-3-1-8(2-4-9)13-15-11-6-5-10(16)7-12(11)17-13/h1-4H,5-7H2. The number of fused-ring (bicyclic) bond motifs is 1. The molecule has 4 heteroatoms. The van der Waals surface area contributed by atoms with Gasteiger partial charge in [0.25, 0.3) is 0 Å². The Hall–Kier alpha value is -1.00. The summed E-state index contributed by atoms with van der Waals surface area (Å²) in [5, 5.41) is 1.03. The average Bonchev–Trinajstić information content (AvgIpc) is 2.72. The minimum atomic E-state index is 0.337. The molecule has 2 nitrogen and oxygen atoms in total. The summed E-state index contributed by atoms with van der Waals surface area (Å²) in [4.78, 5) is 17.2. The van der Waals surface area contributed by atoms with Gasteiger partial charge in [-0.15, -0.1) is 11.3 Å². The van der Waals surface area contributed by atoms with Crippen molar-refractivity contribution < 1.29 is 4.79 Å². The zero-order valence-electron chi connectivity index (χ0n) is 9.07. The van der Waals surface area contributed by atoms with Crippen LogP contribution < -0.4 is 0 Å². The van der Waals surface area contributed by atoms with Gasteiger partial charge >= 0.3 is 0 Å². The summed E-state index contributed by atoms with van der Waals surface area (Å²) >= 11 is 5.07. The summed E-state index contributed by atoms with van der Waals surface area (Å²) in [7, 11) is 0. The second-order valence-electron chi connectivity index (χ2n) is 4.11. The number of halogens is 1. The highest BCUT2D eigenvalue weighted by atomic mass is 79.9. The molecule has 86 valence electrons. The van der Waals surface area contributed by atoms with Gasteiger partial charge in [-0.25, -0.2) is 4.98 Å². The fraction of sp³-hybridized carbons (Fsp3) is 0.231. The minimum Gasteiger partial charge on any atom is -0.299 e. The van der Waals surface area contributed by atoms with Crippen LogP contribution in [0.1, 0.15) is 17.0 Å². The number of ketones is 1. The molecule has 0 saturated heterocycles. The molecule has 0 radical (unpaired) electrons. The third-order valence-corrected chi connectivity index (χ3v) is 4.54. The summed E-state index contributed by atoms with van der Waals surface area (Å²) in [5.74, 6) is 0.337. The molecule has 2 aromatic rings. The van der Waals surface area contributed by atoms with Gasteiger partial charge in [-0.05, 0) is 18.6 Å². The zero-order valence-corrected chi connectivity index (χ0v) is 11.5. The molecule has 1 heterocycles. The first-order chi connectivity index (χ1) is 8.22. The smallest absolute Gasteiger partial charge is 0.138 e. The summed E-state index contributed by atoms with van der Waals surface area (Å²) in [6.45, 7) is 0. The largest absolute Gasteiger partial charge is 0.299 e. The molecule has 1 aromatic heterocycles. The molecular formula is C13H10BrNOS. The number of hydrogen-bond donors (Lipinski definition) is 0. The van der Waals surface area contributed by atoms with Crippen LogP contribution in [-0.2, 0) is 17.6 Å². The van der Waals surface area contributed by atoms with Gasteiger partial charge in [0.05, 0.1) is 5.69 Å². The lowest BCUT2D eigenvalue weighted by molar-refractivity contribution is -0.118. The highest BCUT2D eigenvalue weighted by Crippen LogP contribution is 2.32. The van der Waals surface area contributed by atoms with E-state index in [1.807, 2.05) is 12.1 Å². The summed E-state index contributed by atoms with van der Waals surface area (Å²) < 4.78 is 1.07. The maximum atomic E-state index is 11.4. The highest BCUT2D eigenvalue weighted by molar-refractivity contribution is 9.10. The fourth-order valence-corrected chi connectivity index (χ4v) is 3.36. The molecule has 0 atom stereocenters. The SMILES string of the molecule is O=C1CCc2nc(-c3ccc(Br)cc3)sc2C1. The predicted molar refractivity (Wildman–Crippen MR) is 72.3 cm³/mol. The van der Waals surface area contributed by atoms with Gasteiger partial charge in [0, 0.05) is 27.8 Å². The molecule has 0 fully saturated rings. The lowest BCUT2D eigenvalue weighted by Crippen LogP contribution is -2.11. The van der Waals surface area contributed by atoms with E-state index in [2.05, 4.69) is 33.0 Å². The maximum absolute atomic E-state index is 11.4. The number of aryl methyl sites for hydroxylation is 1. The van der Waals surface area contributed by atoms with E-state index in [9.17, 15) is 4.79 Å². The Kier molecular flexibility index (Phi) is 2.84. The molecule has 0 aliphatic heterocycles. The van der Waals surface area contributed by atoms with E-state index in [0.717, 1.165) is 32.0 Å². The van der Waals surface area contributed by atoms with Gasteiger partial charge in [-0.2, -0.15) is 0 Å². The lowest BCUT2D eigenvalue weighted by atomic mass is 10.0. The molecule has 0 unspecified atom stereocenters. The van der Waals surface area contributed by atoms with Crippen LogP contribution in [0.4, 0.5) is 0 Å². The molecule has 1 aliphatic carbocycles. The normalized spacial score (nSPS) is 14.8. The Bertz CT molecular complexity index is 574. The molecular weight excluding hydrogens is 298 g/mol. The van der Waals surface area contributed by atoms with E-state index in [-0.39, 0.29) is 0 Å². The van der Waals surface area contributed by atoms with Crippen LogP contribution in [0.15, 0.2) is 28.7 Å². The molecule has 3 rings (SSSR count). The highest BCUT2D eigenvalue weighted by Gasteiger charge is 2.20. The van der Waals surface area contributed by atoms with Crippen molar-refractivity contribution in [3.8, 4) is 10.6 Å². The molecule has 0 saturated carbocycles. The number of carbonyl (C=O) groups is 1. The Morgan fingerprint density at radius 2 is 1.94 bits per heavy atom. The van der Waals surface area contributed by atoms with Crippen molar-refractivity contribution in [3.05, 3.63) is 39.3 Å². The third kappa shape index (κ3) is 2.19. The van der Waals surface area contributed by atoms with Crippen molar-refractivity contribution in [2.24, 2.45) is 0 Å².